The van der Waals surface area contributed by atoms with Crippen LogP contribution in [0.2, 0.25) is 0 Å². The lowest BCUT2D eigenvalue weighted by atomic mass is 9.88. The topological polar surface area (TPSA) is 165 Å². The zero-order chi connectivity index (χ0) is 31.3. The number of phenolic OH excluding ortho intramolecular Hbond substituents is 1. The van der Waals surface area contributed by atoms with Crippen molar-refractivity contribution in [1.82, 2.24) is 4.90 Å². The van der Waals surface area contributed by atoms with E-state index in [1.54, 1.807) is 6.07 Å². The van der Waals surface area contributed by atoms with Gasteiger partial charge < -0.3 is 35.2 Å². The first-order chi connectivity index (χ1) is 19.9. The molecule has 0 bridgehead atoms. The monoisotopic (exact) mass is 615 g/mol. The van der Waals surface area contributed by atoms with Gasteiger partial charge in [-0.15, -0.1) is 12.4 Å². The number of allylic oxidation sites excluding steroid dienone is 1. The van der Waals surface area contributed by atoms with Crippen LogP contribution < -0.4 is 4.74 Å². The third-order valence-electron chi connectivity index (χ3n) is 6.15. The molecule has 11 heteroatoms. The lowest BCUT2D eigenvalue weighted by Crippen LogP contribution is -2.42. The number of aromatic hydroxyl groups is 1. The maximum absolute atomic E-state index is 10.3. The molecule has 0 heterocycles. The zero-order valence-corrected chi connectivity index (χ0v) is 25.1. The van der Waals surface area contributed by atoms with Crippen LogP contribution in [-0.4, -0.2) is 81.2 Å². The first kappa shape index (κ1) is 36.6. The van der Waals surface area contributed by atoms with Gasteiger partial charge in [0.1, 0.15) is 18.1 Å². The molecule has 3 rings (SSSR count). The minimum Gasteiger partial charge on any atom is -0.508 e. The molecule has 232 valence electrons. The molecule has 0 aliphatic heterocycles. The molecule has 0 aliphatic rings. The summed E-state index contributed by atoms with van der Waals surface area (Å²) in [6.45, 7) is 3.71. The van der Waals surface area contributed by atoms with Crippen LogP contribution in [0.3, 0.4) is 0 Å². The summed E-state index contributed by atoms with van der Waals surface area (Å²) in [5.41, 5.74) is 2.95. The normalized spacial score (nSPS) is 11.4. The number of phenols is 1. The van der Waals surface area contributed by atoms with E-state index in [2.05, 4.69) is 54.3 Å². The molecule has 43 heavy (non-hydrogen) atoms. The predicted octanol–water partition coefficient (Wildman–Crippen LogP) is 4.88. The minimum absolute atomic E-state index is 0. The van der Waals surface area contributed by atoms with Crippen LogP contribution in [0.1, 0.15) is 42.9 Å². The summed E-state index contributed by atoms with van der Waals surface area (Å²) < 4.78 is 5.85. The summed E-state index contributed by atoms with van der Waals surface area (Å²) in [6, 6.07) is 26.2. The van der Waals surface area contributed by atoms with Gasteiger partial charge in [-0.05, 0) is 72.6 Å². The molecule has 0 atom stereocenters. The molecule has 3 aromatic rings. The van der Waals surface area contributed by atoms with Gasteiger partial charge in [-0.25, -0.2) is 4.79 Å². The van der Waals surface area contributed by atoms with Crippen molar-refractivity contribution in [2.45, 2.75) is 31.8 Å². The van der Waals surface area contributed by atoms with Crippen LogP contribution in [0.5, 0.6) is 11.5 Å². The fraction of sp³-hybridized carbons (Fsp3) is 0.281. The first-order valence-corrected chi connectivity index (χ1v) is 13.2. The maximum Gasteiger partial charge on any atom is 0.336 e. The average molecular weight is 616 g/mol. The number of halogens is 1. The van der Waals surface area contributed by atoms with Crippen molar-refractivity contribution >= 4 is 41.5 Å². The highest BCUT2D eigenvalue weighted by Gasteiger charge is 2.40. The van der Waals surface area contributed by atoms with Crippen LogP contribution in [0, 0.1) is 0 Å². The summed E-state index contributed by atoms with van der Waals surface area (Å²) >= 11 is 0. The Morgan fingerprint density at radius 2 is 1.35 bits per heavy atom. The standard InChI is InChI=1S/C26H29NO2.C6H8O7.ClH/c1-4-25(20-9-6-5-7-10-20)26(22-11-8-12-23(28)19-22)21-13-15-24(16-14-21)29-18-17-27(2)3;7-3(8)1-6(13,5(11)12)2-4(9)10;/h5-16,19,28H,4,17-18H2,1-3H3;13H,1-2H2,(H,7,8)(H,9,10)(H,11,12);1H. The summed E-state index contributed by atoms with van der Waals surface area (Å²) in [7, 11) is 4.07. The highest BCUT2D eigenvalue weighted by Crippen LogP contribution is 2.36. The van der Waals surface area contributed by atoms with Gasteiger partial charge >= 0.3 is 17.9 Å². The summed E-state index contributed by atoms with van der Waals surface area (Å²) in [5, 5.41) is 43.9. The lowest BCUT2D eigenvalue weighted by Gasteiger charge is -2.18. The van der Waals surface area contributed by atoms with Gasteiger partial charge in [-0.3, -0.25) is 9.59 Å². The Bertz CT molecular complexity index is 1360. The van der Waals surface area contributed by atoms with Crippen molar-refractivity contribution < 1.29 is 44.7 Å². The highest BCUT2D eigenvalue weighted by atomic mass is 35.5. The lowest BCUT2D eigenvalue weighted by molar-refractivity contribution is -0.170. The van der Waals surface area contributed by atoms with Crippen molar-refractivity contribution in [3.8, 4) is 11.5 Å². The van der Waals surface area contributed by atoms with Crippen molar-refractivity contribution in [3.63, 3.8) is 0 Å². The number of hydrogen-bond donors (Lipinski definition) is 5. The van der Waals surface area contributed by atoms with E-state index < -0.39 is 36.4 Å². The number of ether oxygens (including phenoxy) is 1. The fourth-order valence-corrected chi connectivity index (χ4v) is 4.12. The number of carboxylic acid groups (broad SMARTS) is 3. The smallest absolute Gasteiger partial charge is 0.336 e. The van der Waals surface area contributed by atoms with Gasteiger partial charge in [-0.2, -0.15) is 0 Å². The van der Waals surface area contributed by atoms with Gasteiger partial charge in [0.05, 0.1) is 12.8 Å². The molecule has 5 N–H and O–H groups in total. The molecular formula is C32H38ClNO9. The summed E-state index contributed by atoms with van der Waals surface area (Å²) in [5.74, 6) is -3.88. The number of carboxylic acids is 3. The second-order valence-corrected chi connectivity index (χ2v) is 9.78. The summed E-state index contributed by atoms with van der Waals surface area (Å²) in [4.78, 5) is 32.6. The number of hydrogen-bond acceptors (Lipinski definition) is 7. The molecule has 0 aromatic heterocycles. The molecule has 0 radical (unpaired) electrons. The third kappa shape index (κ3) is 11.8. The Labute approximate surface area is 256 Å². The van der Waals surface area contributed by atoms with Crippen LogP contribution in [0.25, 0.3) is 11.1 Å². The van der Waals surface area contributed by atoms with Gasteiger partial charge in [0, 0.05) is 6.54 Å². The number of rotatable bonds is 13. The number of carbonyl (C=O) groups is 3. The first-order valence-electron chi connectivity index (χ1n) is 13.2. The number of likely N-dealkylation sites (N-methyl/N-ethyl adjacent to an activating group) is 1. The third-order valence-corrected chi connectivity index (χ3v) is 6.15. The van der Waals surface area contributed by atoms with E-state index in [0.29, 0.717) is 6.61 Å². The van der Waals surface area contributed by atoms with Crippen LogP contribution >= 0.6 is 12.4 Å². The molecule has 0 unspecified atom stereocenters. The Balaban J connectivity index is 0.000000562. The van der Waals surface area contributed by atoms with Crippen molar-refractivity contribution in [2.24, 2.45) is 0 Å². The maximum atomic E-state index is 10.3. The predicted molar refractivity (Wildman–Crippen MR) is 166 cm³/mol. The largest absolute Gasteiger partial charge is 0.508 e. The van der Waals surface area contributed by atoms with E-state index in [9.17, 15) is 19.5 Å². The number of nitrogens with zero attached hydrogens (tertiary/aromatic N) is 1. The Kier molecular flexibility index (Phi) is 15.0. The van der Waals surface area contributed by atoms with E-state index in [1.165, 1.54) is 11.1 Å². The quantitative estimate of drug-likeness (QED) is 0.167. The molecule has 0 saturated heterocycles. The molecule has 0 fully saturated rings. The Morgan fingerprint density at radius 3 is 1.81 bits per heavy atom. The Hall–Kier alpha value is -4.38. The van der Waals surface area contributed by atoms with Gasteiger partial charge in [-0.1, -0.05) is 61.5 Å². The second-order valence-electron chi connectivity index (χ2n) is 9.78. The van der Waals surface area contributed by atoms with E-state index >= 15 is 0 Å². The molecule has 0 spiro atoms. The van der Waals surface area contributed by atoms with E-state index in [1.807, 2.05) is 44.4 Å². The van der Waals surface area contributed by atoms with Gasteiger partial charge in [0.25, 0.3) is 0 Å². The molecular weight excluding hydrogens is 578 g/mol. The number of benzene rings is 3. The minimum atomic E-state index is -2.74. The average Bonchev–Trinajstić information content (AvgIpc) is 2.92. The number of aliphatic hydroxyl groups is 1. The zero-order valence-electron chi connectivity index (χ0n) is 24.3. The van der Waals surface area contributed by atoms with Gasteiger partial charge in [0.2, 0.25) is 0 Å². The molecule has 0 amide bonds. The van der Waals surface area contributed by atoms with Crippen molar-refractivity contribution in [3.05, 3.63) is 95.6 Å². The van der Waals surface area contributed by atoms with E-state index in [4.69, 9.17) is 25.2 Å². The van der Waals surface area contributed by atoms with E-state index in [0.717, 1.165) is 35.4 Å². The molecule has 0 saturated carbocycles. The van der Waals surface area contributed by atoms with Crippen LogP contribution in [0.4, 0.5) is 0 Å². The molecule has 0 aliphatic carbocycles. The fourth-order valence-electron chi connectivity index (χ4n) is 4.12. The van der Waals surface area contributed by atoms with Crippen LogP contribution in [-0.2, 0) is 14.4 Å². The Morgan fingerprint density at radius 1 is 0.791 bits per heavy atom. The summed E-state index contributed by atoms with van der Waals surface area (Å²) in [6.07, 6.45) is -1.40. The van der Waals surface area contributed by atoms with E-state index in [-0.39, 0.29) is 18.2 Å². The number of aliphatic carboxylic acids is 3. The van der Waals surface area contributed by atoms with Crippen molar-refractivity contribution in [2.75, 3.05) is 27.2 Å². The van der Waals surface area contributed by atoms with Crippen molar-refractivity contribution in [1.29, 1.82) is 0 Å². The van der Waals surface area contributed by atoms with Crippen LogP contribution in [0.15, 0.2) is 78.9 Å². The highest BCUT2D eigenvalue weighted by molar-refractivity contribution is 5.98. The second kappa shape index (κ2) is 17.5. The SMILES string of the molecule is CCC(=C(c1ccc(OCCN(C)C)cc1)c1cccc(O)c1)c1ccccc1.Cl.O=C(O)CC(O)(CC(=O)O)C(=O)O. The van der Waals surface area contributed by atoms with Gasteiger partial charge in [0.15, 0.2) is 5.60 Å². The molecule has 10 nitrogen and oxygen atoms in total. The molecule has 3 aromatic carbocycles.